The highest BCUT2D eigenvalue weighted by Crippen LogP contribution is 2.27. The van der Waals surface area contributed by atoms with E-state index in [1.165, 1.54) is 0 Å². The van der Waals surface area contributed by atoms with Crippen LogP contribution < -0.4 is 5.73 Å². The normalized spacial score (nSPS) is 12.9. The van der Waals surface area contributed by atoms with Crippen LogP contribution in [0.5, 0.6) is 5.75 Å². The van der Waals surface area contributed by atoms with E-state index in [4.69, 9.17) is 5.73 Å². The molecule has 0 amide bonds. The number of alkyl halides is 1. The number of nitrogens with two attached hydrogens (primary N) is 1. The van der Waals surface area contributed by atoms with Crippen LogP contribution in [0, 0.1) is 13.8 Å². The van der Waals surface area contributed by atoms with Crippen molar-refractivity contribution < 1.29 is 9.50 Å². The molecular formula is C10H14FNO. The van der Waals surface area contributed by atoms with E-state index in [0.717, 1.165) is 11.1 Å². The standard InChI is InChI=1S/C10H14FNO/c1-6-3-7(2)10(8(12)5-11)9(13)4-6/h3-4,8,13H,5,12H2,1-2H3/t8-/m0/s1. The molecule has 0 saturated heterocycles. The lowest BCUT2D eigenvalue weighted by molar-refractivity contribution is 0.413. The molecule has 0 aromatic heterocycles. The number of hydrogen-bond acceptors (Lipinski definition) is 2. The highest BCUT2D eigenvalue weighted by atomic mass is 19.1. The lowest BCUT2D eigenvalue weighted by Gasteiger charge is -2.13. The Morgan fingerprint density at radius 1 is 1.46 bits per heavy atom. The number of phenols is 1. The third kappa shape index (κ3) is 1.98. The predicted octanol–water partition coefficient (Wildman–Crippen LogP) is 1.98. The van der Waals surface area contributed by atoms with Gasteiger partial charge in [-0.2, -0.15) is 0 Å². The summed E-state index contributed by atoms with van der Waals surface area (Å²) < 4.78 is 12.3. The van der Waals surface area contributed by atoms with Crippen LogP contribution in [-0.4, -0.2) is 11.8 Å². The molecule has 0 aliphatic carbocycles. The van der Waals surface area contributed by atoms with Crippen molar-refractivity contribution in [3.8, 4) is 5.75 Å². The third-order valence-corrected chi connectivity index (χ3v) is 2.05. The summed E-state index contributed by atoms with van der Waals surface area (Å²) in [5.74, 6) is 0.0858. The number of aromatic hydroxyl groups is 1. The summed E-state index contributed by atoms with van der Waals surface area (Å²) in [7, 11) is 0. The number of halogens is 1. The van der Waals surface area contributed by atoms with E-state index >= 15 is 0 Å². The summed E-state index contributed by atoms with van der Waals surface area (Å²) in [5, 5.41) is 9.53. The van der Waals surface area contributed by atoms with E-state index in [-0.39, 0.29) is 5.75 Å². The highest BCUT2D eigenvalue weighted by Gasteiger charge is 2.13. The molecule has 0 fully saturated rings. The van der Waals surface area contributed by atoms with Crippen molar-refractivity contribution in [1.29, 1.82) is 0 Å². The van der Waals surface area contributed by atoms with Gasteiger partial charge in [-0.05, 0) is 31.0 Å². The molecule has 1 aromatic carbocycles. The van der Waals surface area contributed by atoms with Crippen molar-refractivity contribution in [1.82, 2.24) is 0 Å². The van der Waals surface area contributed by atoms with Gasteiger partial charge in [0.2, 0.25) is 0 Å². The summed E-state index contributed by atoms with van der Waals surface area (Å²) >= 11 is 0. The zero-order chi connectivity index (χ0) is 10.0. The zero-order valence-corrected chi connectivity index (χ0v) is 7.84. The van der Waals surface area contributed by atoms with Crippen molar-refractivity contribution in [2.45, 2.75) is 19.9 Å². The van der Waals surface area contributed by atoms with Gasteiger partial charge in [-0.15, -0.1) is 0 Å². The fourth-order valence-corrected chi connectivity index (χ4v) is 1.52. The van der Waals surface area contributed by atoms with Crippen LogP contribution in [0.3, 0.4) is 0 Å². The van der Waals surface area contributed by atoms with E-state index in [2.05, 4.69) is 0 Å². The first-order valence-electron chi connectivity index (χ1n) is 4.18. The largest absolute Gasteiger partial charge is 0.508 e. The van der Waals surface area contributed by atoms with E-state index in [0.29, 0.717) is 5.56 Å². The Kier molecular flexibility index (Phi) is 2.88. The molecule has 1 rings (SSSR count). The first kappa shape index (κ1) is 9.99. The van der Waals surface area contributed by atoms with Crippen LogP contribution in [0.1, 0.15) is 22.7 Å². The van der Waals surface area contributed by atoms with Gasteiger partial charge in [0, 0.05) is 5.56 Å². The molecule has 0 spiro atoms. The second-order valence-corrected chi connectivity index (χ2v) is 3.28. The van der Waals surface area contributed by atoms with E-state index < -0.39 is 12.7 Å². The van der Waals surface area contributed by atoms with Crippen molar-refractivity contribution in [2.24, 2.45) is 5.73 Å². The monoisotopic (exact) mass is 183 g/mol. The lowest BCUT2D eigenvalue weighted by atomic mass is 9.99. The molecule has 0 radical (unpaired) electrons. The maximum Gasteiger partial charge on any atom is 0.120 e. The van der Waals surface area contributed by atoms with E-state index in [1.807, 2.05) is 19.9 Å². The Balaban J connectivity index is 3.20. The second kappa shape index (κ2) is 3.75. The van der Waals surface area contributed by atoms with Gasteiger partial charge in [0.15, 0.2) is 0 Å². The Bertz CT molecular complexity index is 289. The first-order chi connectivity index (χ1) is 6.06. The number of phenolic OH excluding ortho intramolecular Hbond substituents is 1. The van der Waals surface area contributed by atoms with Crippen molar-refractivity contribution >= 4 is 0 Å². The van der Waals surface area contributed by atoms with Gasteiger partial charge >= 0.3 is 0 Å². The van der Waals surface area contributed by atoms with Gasteiger partial charge < -0.3 is 10.8 Å². The van der Waals surface area contributed by atoms with E-state index in [1.54, 1.807) is 6.07 Å². The van der Waals surface area contributed by atoms with Crippen LogP contribution in [0.2, 0.25) is 0 Å². The van der Waals surface area contributed by atoms with Gasteiger partial charge in [0.05, 0.1) is 6.04 Å². The molecule has 2 nitrogen and oxygen atoms in total. The van der Waals surface area contributed by atoms with Crippen LogP contribution in [-0.2, 0) is 0 Å². The first-order valence-corrected chi connectivity index (χ1v) is 4.18. The second-order valence-electron chi connectivity index (χ2n) is 3.28. The van der Waals surface area contributed by atoms with Crippen LogP contribution in [0.4, 0.5) is 4.39 Å². The van der Waals surface area contributed by atoms with Crippen LogP contribution >= 0.6 is 0 Å². The Morgan fingerprint density at radius 3 is 2.54 bits per heavy atom. The van der Waals surface area contributed by atoms with Crippen LogP contribution in [0.25, 0.3) is 0 Å². The molecule has 0 heterocycles. The van der Waals surface area contributed by atoms with Crippen molar-refractivity contribution in [3.05, 3.63) is 28.8 Å². The molecule has 0 aliphatic rings. The van der Waals surface area contributed by atoms with Crippen molar-refractivity contribution in [3.63, 3.8) is 0 Å². The van der Waals surface area contributed by atoms with Gasteiger partial charge in [0.25, 0.3) is 0 Å². The molecule has 72 valence electrons. The third-order valence-electron chi connectivity index (χ3n) is 2.05. The van der Waals surface area contributed by atoms with Gasteiger partial charge in [-0.25, -0.2) is 4.39 Å². The molecule has 0 saturated carbocycles. The molecule has 1 atom stereocenters. The van der Waals surface area contributed by atoms with Gasteiger partial charge in [-0.1, -0.05) is 6.07 Å². The molecule has 0 unspecified atom stereocenters. The molecular weight excluding hydrogens is 169 g/mol. The maximum atomic E-state index is 12.3. The lowest BCUT2D eigenvalue weighted by Crippen LogP contribution is -2.13. The number of benzene rings is 1. The minimum absolute atomic E-state index is 0.0858. The maximum absolute atomic E-state index is 12.3. The predicted molar refractivity (Wildman–Crippen MR) is 50.5 cm³/mol. The van der Waals surface area contributed by atoms with Gasteiger partial charge in [0.1, 0.15) is 12.4 Å². The number of hydrogen-bond donors (Lipinski definition) is 2. The number of aryl methyl sites for hydroxylation is 2. The Labute approximate surface area is 77.2 Å². The molecule has 1 aromatic rings. The fraction of sp³-hybridized carbons (Fsp3) is 0.400. The topological polar surface area (TPSA) is 46.2 Å². The summed E-state index contributed by atoms with van der Waals surface area (Å²) in [6.07, 6.45) is 0. The Hall–Kier alpha value is -1.09. The number of rotatable bonds is 2. The molecule has 13 heavy (non-hydrogen) atoms. The molecule has 3 N–H and O–H groups in total. The minimum Gasteiger partial charge on any atom is -0.508 e. The van der Waals surface area contributed by atoms with Gasteiger partial charge in [-0.3, -0.25) is 0 Å². The molecule has 0 bridgehead atoms. The highest BCUT2D eigenvalue weighted by molar-refractivity contribution is 5.43. The molecule has 3 heteroatoms. The summed E-state index contributed by atoms with van der Waals surface area (Å²) in [4.78, 5) is 0. The summed E-state index contributed by atoms with van der Waals surface area (Å²) in [5.41, 5.74) is 7.80. The Morgan fingerprint density at radius 2 is 2.08 bits per heavy atom. The quantitative estimate of drug-likeness (QED) is 0.736. The fourth-order valence-electron chi connectivity index (χ4n) is 1.52. The summed E-state index contributed by atoms with van der Waals surface area (Å²) in [6, 6.07) is 2.75. The SMILES string of the molecule is Cc1cc(C)c([C@@H](N)CF)c(O)c1. The zero-order valence-electron chi connectivity index (χ0n) is 7.84. The molecule has 0 aliphatic heterocycles. The van der Waals surface area contributed by atoms with Crippen LogP contribution in [0.15, 0.2) is 12.1 Å². The average Bonchev–Trinajstić information content (AvgIpc) is 2.02. The summed E-state index contributed by atoms with van der Waals surface area (Å²) in [6.45, 7) is 3.03. The average molecular weight is 183 g/mol. The van der Waals surface area contributed by atoms with E-state index in [9.17, 15) is 9.50 Å². The van der Waals surface area contributed by atoms with Crippen molar-refractivity contribution in [2.75, 3.05) is 6.67 Å². The minimum atomic E-state index is -0.722. The smallest absolute Gasteiger partial charge is 0.120 e.